The van der Waals surface area contributed by atoms with E-state index in [4.69, 9.17) is 4.84 Å². The highest BCUT2D eigenvalue weighted by atomic mass is 79.9. The Balaban J connectivity index is 1.58. The molecule has 2 saturated heterocycles. The van der Waals surface area contributed by atoms with Crippen molar-refractivity contribution in [3.8, 4) is 0 Å². The van der Waals surface area contributed by atoms with Crippen molar-refractivity contribution >= 4 is 39.1 Å². The van der Waals surface area contributed by atoms with Crippen molar-refractivity contribution in [2.45, 2.75) is 26.0 Å². The van der Waals surface area contributed by atoms with Crippen molar-refractivity contribution < 1.29 is 14.4 Å². The van der Waals surface area contributed by atoms with Crippen molar-refractivity contribution in [3.05, 3.63) is 94.0 Å². The molecule has 2 heterocycles. The zero-order valence-corrected chi connectivity index (χ0v) is 18.7. The standard InChI is InChI=1S/C25H21BrN2O3/c1-15-8-13-20(14-16(15)2)27-24(29)21-22(17-9-11-18(26)12-10-17)28(31-23(21)25(27)30)19-6-4-3-5-7-19/h3-14,21-23H,1-2H3/t21-,22-,23-/m0/s1. The van der Waals surface area contributed by atoms with Gasteiger partial charge in [-0.3, -0.25) is 14.4 Å². The summed E-state index contributed by atoms with van der Waals surface area (Å²) in [6.07, 6.45) is -0.858. The highest BCUT2D eigenvalue weighted by molar-refractivity contribution is 9.10. The van der Waals surface area contributed by atoms with Crippen LogP contribution in [0.5, 0.6) is 0 Å². The molecule has 0 saturated carbocycles. The lowest BCUT2D eigenvalue weighted by atomic mass is 9.90. The Hall–Kier alpha value is -2.96. The van der Waals surface area contributed by atoms with Gasteiger partial charge in [0, 0.05) is 4.47 Å². The molecule has 3 aromatic rings. The molecule has 31 heavy (non-hydrogen) atoms. The Kier molecular flexibility index (Phi) is 4.91. The lowest BCUT2D eigenvalue weighted by Crippen LogP contribution is -2.37. The van der Waals surface area contributed by atoms with Gasteiger partial charge in [-0.1, -0.05) is 52.3 Å². The summed E-state index contributed by atoms with van der Waals surface area (Å²) in [5.74, 6) is -1.18. The molecule has 2 fully saturated rings. The number of carbonyl (C=O) groups is 2. The molecule has 0 spiro atoms. The van der Waals surface area contributed by atoms with Crippen molar-refractivity contribution in [1.29, 1.82) is 0 Å². The average molecular weight is 477 g/mol. The zero-order valence-electron chi connectivity index (χ0n) is 17.2. The third-order valence-corrected chi connectivity index (χ3v) is 6.61. The summed E-state index contributed by atoms with van der Waals surface area (Å²) < 4.78 is 0.948. The first-order chi connectivity index (χ1) is 15.0. The van der Waals surface area contributed by atoms with E-state index < -0.39 is 18.1 Å². The Morgan fingerprint density at radius 2 is 1.52 bits per heavy atom. The van der Waals surface area contributed by atoms with Crippen LogP contribution in [0.15, 0.2) is 77.3 Å². The van der Waals surface area contributed by atoms with E-state index in [1.54, 1.807) is 5.06 Å². The Labute approximate surface area is 189 Å². The Morgan fingerprint density at radius 1 is 0.806 bits per heavy atom. The van der Waals surface area contributed by atoms with Gasteiger partial charge >= 0.3 is 0 Å². The smallest absolute Gasteiger partial charge is 0.266 e. The summed E-state index contributed by atoms with van der Waals surface area (Å²) in [6.45, 7) is 3.98. The summed E-state index contributed by atoms with van der Waals surface area (Å²) in [5, 5.41) is 1.71. The van der Waals surface area contributed by atoms with Gasteiger partial charge in [-0.2, -0.15) is 0 Å². The number of para-hydroxylation sites is 1. The fraction of sp³-hybridized carbons (Fsp3) is 0.200. The van der Waals surface area contributed by atoms with Crippen LogP contribution in [0.4, 0.5) is 11.4 Å². The maximum Gasteiger partial charge on any atom is 0.266 e. The van der Waals surface area contributed by atoms with Gasteiger partial charge in [0.15, 0.2) is 6.10 Å². The minimum Gasteiger partial charge on any atom is -0.273 e. The summed E-state index contributed by atoms with van der Waals surface area (Å²) >= 11 is 3.47. The first-order valence-electron chi connectivity index (χ1n) is 10.2. The maximum atomic E-state index is 13.6. The van der Waals surface area contributed by atoms with Gasteiger partial charge in [-0.15, -0.1) is 0 Å². The number of hydrogen-bond acceptors (Lipinski definition) is 4. The largest absolute Gasteiger partial charge is 0.273 e. The van der Waals surface area contributed by atoms with Crippen molar-refractivity contribution in [3.63, 3.8) is 0 Å². The molecular weight excluding hydrogens is 456 g/mol. The maximum absolute atomic E-state index is 13.6. The number of amides is 2. The van der Waals surface area contributed by atoms with Gasteiger partial charge in [0.25, 0.3) is 5.91 Å². The number of anilines is 2. The second kappa shape index (κ2) is 7.62. The minimum atomic E-state index is -0.858. The molecule has 5 nitrogen and oxygen atoms in total. The minimum absolute atomic E-state index is 0.232. The third-order valence-electron chi connectivity index (χ3n) is 6.09. The molecule has 2 aliphatic rings. The molecule has 0 unspecified atom stereocenters. The van der Waals surface area contributed by atoms with Gasteiger partial charge in [-0.25, -0.2) is 9.96 Å². The molecule has 0 radical (unpaired) electrons. The van der Waals surface area contributed by atoms with Crippen molar-refractivity contribution in [2.24, 2.45) is 5.92 Å². The number of benzene rings is 3. The predicted molar refractivity (Wildman–Crippen MR) is 123 cm³/mol. The number of aryl methyl sites for hydroxylation is 2. The van der Waals surface area contributed by atoms with Gasteiger partial charge in [-0.05, 0) is 66.9 Å². The summed E-state index contributed by atoms with van der Waals surface area (Å²) in [7, 11) is 0. The van der Waals surface area contributed by atoms with Gasteiger partial charge in [0.05, 0.1) is 17.4 Å². The molecule has 0 aliphatic carbocycles. The molecular formula is C25H21BrN2O3. The topological polar surface area (TPSA) is 49.9 Å². The molecule has 3 atom stereocenters. The first kappa shape index (κ1) is 20.0. The SMILES string of the molecule is Cc1ccc(N2C(=O)[C@@H]3[C@H](ON(c4ccccc4)[C@H]3c3ccc(Br)cc3)C2=O)cc1C. The highest BCUT2D eigenvalue weighted by Crippen LogP contribution is 2.47. The number of carbonyl (C=O) groups excluding carboxylic acids is 2. The summed E-state index contributed by atoms with van der Waals surface area (Å²) in [6, 6.07) is 22.6. The molecule has 2 amide bonds. The van der Waals surface area contributed by atoms with Crippen LogP contribution in [-0.2, 0) is 14.4 Å². The van der Waals surface area contributed by atoms with E-state index in [1.165, 1.54) is 4.90 Å². The number of halogens is 1. The van der Waals surface area contributed by atoms with Crippen LogP contribution >= 0.6 is 15.9 Å². The fourth-order valence-corrected chi connectivity index (χ4v) is 4.60. The van der Waals surface area contributed by atoms with Gasteiger partial charge < -0.3 is 0 Å². The second-order valence-corrected chi connectivity index (χ2v) is 8.91. The first-order valence-corrected chi connectivity index (χ1v) is 11.0. The quantitative estimate of drug-likeness (QED) is 0.492. The number of rotatable bonds is 3. The van der Waals surface area contributed by atoms with E-state index >= 15 is 0 Å². The highest BCUT2D eigenvalue weighted by Gasteiger charge is 2.60. The molecule has 0 N–H and O–H groups in total. The summed E-state index contributed by atoms with van der Waals surface area (Å²) in [4.78, 5) is 34.4. The number of fused-ring (bicyclic) bond motifs is 1. The number of nitrogens with zero attached hydrogens (tertiary/aromatic N) is 2. The van der Waals surface area contributed by atoms with E-state index in [1.807, 2.05) is 86.6 Å². The normalized spacial score (nSPS) is 22.9. The second-order valence-electron chi connectivity index (χ2n) is 7.99. The molecule has 3 aromatic carbocycles. The van der Waals surface area contributed by atoms with Crippen LogP contribution in [0.3, 0.4) is 0 Å². The molecule has 2 aliphatic heterocycles. The van der Waals surface area contributed by atoms with Crippen LogP contribution in [0, 0.1) is 19.8 Å². The van der Waals surface area contributed by atoms with Gasteiger partial charge in [0.2, 0.25) is 5.91 Å². The lowest BCUT2D eigenvalue weighted by Gasteiger charge is -2.29. The predicted octanol–water partition coefficient (Wildman–Crippen LogP) is 5.12. The third kappa shape index (κ3) is 3.27. The number of hydroxylamine groups is 1. The van der Waals surface area contributed by atoms with E-state index in [9.17, 15) is 9.59 Å². The van der Waals surface area contributed by atoms with Crippen LogP contribution in [0.25, 0.3) is 0 Å². The molecule has 0 aromatic heterocycles. The van der Waals surface area contributed by atoms with E-state index in [0.29, 0.717) is 5.69 Å². The van der Waals surface area contributed by atoms with E-state index in [0.717, 1.165) is 26.9 Å². The number of imide groups is 1. The van der Waals surface area contributed by atoms with Crippen LogP contribution in [0.2, 0.25) is 0 Å². The van der Waals surface area contributed by atoms with Crippen molar-refractivity contribution in [2.75, 3.05) is 9.96 Å². The molecule has 6 heteroatoms. The lowest BCUT2D eigenvalue weighted by molar-refractivity contribution is -0.126. The monoisotopic (exact) mass is 476 g/mol. The fourth-order valence-electron chi connectivity index (χ4n) is 4.33. The molecule has 156 valence electrons. The Morgan fingerprint density at radius 3 is 2.19 bits per heavy atom. The average Bonchev–Trinajstić information content (AvgIpc) is 3.28. The van der Waals surface area contributed by atoms with Gasteiger partial charge in [0.1, 0.15) is 5.92 Å². The molecule has 5 rings (SSSR count). The molecule has 0 bridgehead atoms. The number of hydrogen-bond donors (Lipinski definition) is 0. The zero-order chi connectivity index (χ0) is 21.7. The summed E-state index contributed by atoms with van der Waals surface area (Å²) in [5.41, 5.74) is 4.47. The van der Waals surface area contributed by atoms with E-state index in [-0.39, 0.29) is 11.8 Å². The Bertz CT molecular complexity index is 1160. The van der Waals surface area contributed by atoms with Crippen molar-refractivity contribution in [1.82, 2.24) is 0 Å². The van der Waals surface area contributed by atoms with Crippen LogP contribution in [-0.4, -0.2) is 17.9 Å². The van der Waals surface area contributed by atoms with Crippen LogP contribution < -0.4 is 9.96 Å². The van der Waals surface area contributed by atoms with E-state index in [2.05, 4.69) is 15.9 Å². The van der Waals surface area contributed by atoms with Crippen LogP contribution in [0.1, 0.15) is 22.7 Å².